The van der Waals surface area contributed by atoms with E-state index in [1.807, 2.05) is 17.8 Å². The number of hydrogen-bond acceptors (Lipinski definition) is 3. The predicted octanol–water partition coefficient (Wildman–Crippen LogP) is 3.28. The van der Waals surface area contributed by atoms with Crippen molar-refractivity contribution in [1.29, 1.82) is 0 Å². The van der Waals surface area contributed by atoms with E-state index in [-0.39, 0.29) is 17.7 Å². The van der Waals surface area contributed by atoms with Gasteiger partial charge in [-0.05, 0) is 49.4 Å². The van der Waals surface area contributed by atoms with E-state index in [2.05, 4.69) is 5.10 Å². The molecule has 5 heteroatoms. The molecule has 1 aliphatic rings. The molecule has 2 aromatic rings. The van der Waals surface area contributed by atoms with Crippen molar-refractivity contribution < 1.29 is 9.13 Å². The highest BCUT2D eigenvalue weighted by Gasteiger charge is 2.17. The molecule has 1 saturated heterocycles. The number of rotatable bonds is 2. The zero-order chi connectivity index (χ0) is 14.1. The molecular formula is C15H18FN3O. The molecule has 1 unspecified atom stereocenters. The maximum atomic E-state index is 13.4. The Bertz CT molecular complexity index is 618. The van der Waals surface area contributed by atoms with E-state index in [1.54, 1.807) is 12.3 Å². The fourth-order valence-electron chi connectivity index (χ4n) is 2.57. The summed E-state index contributed by atoms with van der Waals surface area (Å²) >= 11 is 0. The van der Waals surface area contributed by atoms with Crippen molar-refractivity contribution in [3.05, 3.63) is 35.9 Å². The van der Waals surface area contributed by atoms with Crippen molar-refractivity contribution in [1.82, 2.24) is 9.78 Å². The number of nitrogens with zero attached hydrogens (tertiary/aromatic N) is 2. The Balaban J connectivity index is 1.91. The van der Waals surface area contributed by atoms with Crippen LogP contribution in [-0.2, 0) is 4.74 Å². The monoisotopic (exact) mass is 275 g/mol. The van der Waals surface area contributed by atoms with Crippen LogP contribution in [0.1, 0.15) is 31.1 Å². The highest BCUT2D eigenvalue weighted by atomic mass is 19.1. The molecule has 0 spiro atoms. The van der Waals surface area contributed by atoms with Crippen molar-refractivity contribution in [2.75, 3.05) is 12.3 Å². The summed E-state index contributed by atoms with van der Waals surface area (Å²) in [7, 11) is 0. The molecular weight excluding hydrogens is 257 g/mol. The average Bonchev–Trinajstić information content (AvgIpc) is 2.93. The molecule has 4 nitrogen and oxygen atoms in total. The van der Waals surface area contributed by atoms with Crippen LogP contribution in [0.25, 0.3) is 11.1 Å². The van der Waals surface area contributed by atoms with Crippen LogP contribution in [0.2, 0.25) is 0 Å². The van der Waals surface area contributed by atoms with Crippen LogP contribution in [0, 0.1) is 12.7 Å². The Morgan fingerprint density at radius 1 is 1.40 bits per heavy atom. The first-order valence-corrected chi connectivity index (χ1v) is 6.87. The van der Waals surface area contributed by atoms with E-state index in [9.17, 15) is 4.39 Å². The molecule has 106 valence electrons. The van der Waals surface area contributed by atoms with Gasteiger partial charge in [0.15, 0.2) is 0 Å². The van der Waals surface area contributed by atoms with Gasteiger partial charge in [-0.1, -0.05) is 0 Å². The fraction of sp³-hybridized carbons (Fsp3) is 0.400. The Labute approximate surface area is 117 Å². The fourth-order valence-corrected chi connectivity index (χ4v) is 2.57. The van der Waals surface area contributed by atoms with Crippen LogP contribution >= 0.6 is 0 Å². The number of aryl methyl sites for hydroxylation is 1. The topological polar surface area (TPSA) is 53.1 Å². The van der Waals surface area contributed by atoms with Gasteiger partial charge in [-0.2, -0.15) is 5.10 Å². The number of halogens is 1. The first-order valence-electron chi connectivity index (χ1n) is 6.87. The van der Waals surface area contributed by atoms with Gasteiger partial charge in [0.1, 0.15) is 12.0 Å². The summed E-state index contributed by atoms with van der Waals surface area (Å²) in [5, 5.41) is 4.37. The van der Waals surface area contributed by atoms with Crippen LogP contribution in [-0.4, -0.2) is 16.4 Å². The summed E-state index contributed by atoms with van der Waals surface area (Å²) in [4.78, 5) is 0. The van der Waals surface area contributed by atoms with E-state index in [0.717, 1.165) is 42.6 Å². The summed E-state index contributed by atoms with van der Waals surface area (Å²) < 4.78 is 20.9. The summed E-state index contributed by atoms with van der Waals surface area (Å²) in [6, 6.07) is 3.12. The molecule has 1 atom stereocenters. The molecule has 1 fully saturated rings. The highest BCUT2D eigenvalue weighted by molar-refractivity contribution is 5.70. The van der Waals surface area contributed by atoms with E-state index >= 15 is 0 Å². The van der Waals surface area contributed by atoms with E-state index in [1.165, 1.54) is 6.07 Å². The lowest BCUT2D eigenvalue weighted by Crippen LogP contribution is -2.18. The highest BCUT2D eigenvalue weighted by Crippen LogP contribution is 2.29. The minimum atomic E-state index is -0.380. The molecule has 2 heterocycles. The number of aromatic nitrogens is 2. The first kappa shape index (κ1) is 13.1. The van der Waals surface area contributed by atoms with Gasteiger partial charge in [0.2, 0.25) is 0 Å². The lowest BCUT2D eigenvalue weighted by atomic mass is 10.0. The number of ether oxygens (including phenoxy) is 1. The van der Waals surface area contributed by atoms with E-state index < -0.39 is 0 Å². The summed E-state index contributed by atoms with van der Waals surface area (Å²) in [5.41, 5.74) is 8.50. The Morgan fingerprint density at radius 3 is 3.00 bits per heavy atom. The van der Waals surface area contributed by atoms with E-state index in [4.69, 9.17) is 10.5 Å². The van der Waals surface area contributed by atoms with Crippen molar-refractivity contribution in [2.24, 2.45) is 0 Å². The number of nitrogen functional groups attached to an aromatic ring is 1. The minimum Gasteiger partial charge on any atom is -0.396 e. The number of hydrogen-bond donors (Lipinski definition) is 1. The molecule has 1 aromatic heterocycles. The second-order valence-electron chi connectivity index (χ2n) is 5.22. The third-order valence-electron chi connectivity index (χ3n) is 3.71. The third-order valence-corrected chi connectivity index (χ3v) is 3.71. The third kappa shape index (κ3) is 2.41. The molecule has 20 heavy (non-hydrogen) atoms. The smallest absolute Gasteiger partial charge is 0.150 e. The Morgan fingerprint density at radius 2 is 2.25 bits per heavy atom. The van der Waals surface area contributed by atoms with Gasteiger partial charge in [0, 0.05) is 18.4 Å². The molecule has 0 saturated carbocycles. The number of benzene rings is 1. The van der Waals surface area contributed by atoms with Gasteiger partial charge in [-0.15, -0.1) is 0 Å². The van der Waals surface area contributed by atoms with Crippen molar-refractivity contribution in [3.63, 3.8) is 0 Å². The molecule has 1 aliphatic heterocycles. The maximum absolute atomic E-state index is 13.4. The van der Waals surface area contributed by atoms with Gasteiger partial charge >= 0.3 is 0 Å². The molecule has 0 radical (unpaired) electrons. The quantitative estimate of drug-likeness (QED) is 0.856. The second kappa shape index (κ2) is 5.25. The summed E-state index contributed by atoms with van der Waals surface area (Å²) in [6.07, 6.45) is 6.97. The van der Waals surface area contributed by atoms with E-state index in [0.29, 0.717) is 0 Å². The van der Waals surface area contributed by atoms with Gasteiger partial charge in [0.05, 0.1) is 11.9 Å². The maximum Gasteiger partial charge on any atom is 0.150 e. The zero-order valence-electron chi connectivity index (χ0n) is 11.5. The zero-order valence-corrected chi connectivity index (χ0v) is 11.5. The lowest BCUT2D eigenvalue weighted by Gasteiger charge is -2.22. The summed E-state index contributed by atoms with van der Waals surface area (Å²) in [6.45, 7) is 2.65. The van der Waals surface area contributed by atoms with Gasteiger partial charge < -0.3 is 10.5 Å². The minimum absolute atomic E-state index is 0.00982. The van der Waals surface area contributed by atoms with Crippen LogP contribution in [0.3, 0.4) is 0 Å². The Hall–Kier alpha value is -1.88. The predicted molar refractivity (Wildman–Crippen MR) is 75.6 cm³/mol. The molecule has 0 aliphatic carbocycles. The number of nitrogens with two attached hydrogens (primary N) is 1. The molecule has 0 amide bonds. The second-order valence-corrected chi connectivity index (χ2v) is 5.22. The number of anilines is 1. The van der Waals surface area contributed by atoms with Crippen molar-refractivity contribution in [3.8, 4) is 11.1 Å². The van der Waals surface area contributed by atoms with Gasteiger partial charge in [0.25, 0.3) is 0 Å². The molecule has 3 rings (SSSR count). The van der Waals surface area contributed by atoms with Gasteiger partial charge in [-0.3, -0.25) is 0 Å². The van der Waals surface area contributed by atoms with Crippen molar-refractivity contribution >= 4 is 5.69 Å². The molecule has 2 N–H and O–H groups in total. The van der Waals surface area contributed by atoms with Crippen LogP contribution in [0.5, 0.6) is 0 Å². The van der Waals surface area contributed by atoms with Crippen molar-refractivity contribution in [2.45, 2.75) is 32.4 Å². The summed E-state index contributed by atoms with van der Waals surface area (Å²) in [5.74, 6) is -0.380. The normalized spacial score (nSPS) is 19.2. The van der Waals surface area contributed by atoms with Crippen LogP contribution < -0.4 is 5.73 Å². The van der Waals surface area contributed by atoms with Gasteiger partial charge in [-0.25, -0.2) is 9.07 Å². The average molecular weight is 275 g/mol. The lowest BCUT2D eigenvalue weighted by molar-refractivity contribution is -0.0394. The van der Waals surface area contributed by atoms with Crippen LogP contribution in [0.15, 0.2) is 24.5 Å². The molecule has 0 bridgehead atoms. The SMILES string of the molecule is Cc1cc(F)c(N)cc1-c1cnn(C2CCCCO2)c1. The Kier molecular flexibility index (Phi) is 3.44. The largest absolute Gasteiger partial charge is 0.396 e. The standard InChI is InChI=1S/C15H18FN3O/c1-10-6-13(16)14(17)7-12(10)11-8-18-19(9-11)15-4-2-3-5-20-15/h6-9,15H,2-5,17H2,1H3. The first-order chi connectivity index (χ1) is 9.65. The molecule has 1 aromatic carbocycles. The van der Waals surface area contributed by atoms with Crippen LogP contribution in [0.4, 0.5) is 10.1 Å².